The van der Waals surface area contributed by atoms with E-state index in [0.29, 0.717) is 10.8 Å². The molecule has 0 aliphatic carbocycles. The molecule has 3 rings (SSSR count). The lowest BCUT2D eigenvalue weighted by molar-refractivity contribution is -0.112. The molecule has 0 aliphatic rings. The van der Waals surface area contributed by atoms with E-state index in [2.05, 4.69) is 15.6 Å². The van der Waals surface area contributed by atoms with Crippen LogP contribution in [0.3, 0.4) is 0 Å². The standard InChI is InChI=1S/C18H15FN4OS/c1-11(21-14-7-3-2-6-13(14)19)12(10-20)17(24)23-18-22-15-8-4-5-9-16(15)25-18/h2-10,20-21H,1H3,(H,22,23,24)/b12-11+,20-10?. The molecule has 0 unspecified atom stereocenters. The number of amides is 1. The van der Waals surface area contributed by atoms with Gasteiger partial charge in [-0.2, -0.15) is 0 Å². The zero-order valence-corrected chi connectivity index (χ0v) is 14.2. The van der Waals surface area contributed by atoms with Crippen LogP contribution in [-0.2, 0) is 4.79 Å². The molecular weight excluding hydrogens is 339 g/mol. The second kappa shape index (κ2) is 7.23. The van der Waals surface area contributed by atoms with Crippen LogP contribution < -0.4 is 10.6 Å². The molecule has 0 bridgehead atoms. The number of para-hydroxylation sites is 2. The van der Waals surface area contributed by atoms with Gasteiger partial charge in [0.05, 0.1) is 21.5 Å². The number of benzene rings is 2. The number of hydrogen-bond acceptors (Lipinski definition) is 5. The zero-order valence-electron chi connectivity index (χ0n) is 13.3. The predicted molar refractivity (Wildman–Crippen MR) is 99.8 cm³/mol. The van der Waals surface area contributed by atoms with Crippen LogP contribution >= 0.6 is 11.3 Å². The van der Waals surface area contributed by atoms with Gasteiger partial charge in [-0.25, -0.2) is 9.37 Å². The second-order valence-corrected chi connectivity index (χ2v) is 6.26. The van der Waals surface area contributed by atoms with Crippen molar-refractivity contribution in [3.63, 3.8) is 0 Å². The highest BCUT2D eigenvalue weighted by Gasteiger charge is 2.14. The highest BCUT2D eigenvalue weighted by Crippen LogP contribution is 2.26. The lowest BCUT2D eigenvalue weighted by atomic mass is 10.2. The molecule has 126 valence electrons. The van der Waals surface area contributed by atoms with E-state index in [1.807, 2.05) is 24.3 Å². The van der Waals surface area contributed by atoms with Gasteiger partial charge in [0.25, 0.3) is 5.91 Å². The van der Waals surface area contributed by atoms with Crippen molar-refractivity contribution in [1.29, 1.82) is 5.41 Å². The third-order valence-corrected chi connectivity index (χ3v) is 4.46. The number of nitrogens with one attached hydrogen (secondary N) is 3. The van der Waals surface area contributed by atoms with Gasteiger partial charge in [-0.05, 0) is 31.2 Å². The fraction of sp³-hybridized carbons (Fsp3) is 0.0556. The van der Waals surface area contributed by atoms with Crippen LogP contribution in [0.4, 0.5) is 15.2 Å². The van der Waals surface area contributed by atoms with E-state index in [4.69, 9.17) is 5.41 Å². The molecular formula is C18H15FN4OS. The van der Waals surface area contributed by atoms with Gasteiger partial charge in [-0.3, -0.25) is 10.1 Å². The van der Waals surface area contributed by atoms with Gasteiger partial charge in [0.15, 0.2) is 5.13 Å². The Balaban J connectivity index is 1.82. The lowest BCUT2D eigenvalue weighted by Gasteiger charge is -2.11. The minimum Gasteiger partial charge on any atom is -0.356 e. The van der Waals surface area contributed by atoms with Gasteiger partial charge in [0.2, 0.25) is 0 Å². The van der Waals surface area contributed by atoms with Gasteiger partial charge in [-0.1, -0.05) is 35.6 Å². The average Bonchev–Trinajstić information content (AvgIpc) is 2.99. The third-order valence-electron chi connectivity index (χ3n) is 3.50. The SMILES string of the molecule is C/C(Nc1ccccc1F)=C(/C=N)C(=O)Nc1nc2ccccc2s1. The predicted octanol–water partition coefficient (Wildman–Crippen LogP) is 4.41. The summed E-state index contributed by atoms with van der Waals surface area (Å²) < 4.78 is 14.7. The summed E-state index contributed by atoms with van der Waals surface area (Å²) in [6, 6.07) is 13.7. The molecule has 5 nitrogen and oxygen atoms in total. The van der Waals surface area contributed by atoms with E-state index in [0.717, 1.165) is 16.4 Å². The Morgan fingerprint density at radius 1 is 1.16 bits per heavy atom. The Bertz CT molecular complexity index is 947. The number of carbonyl (C=O) groups is 1. The molecule has 0 saturated carbocycles. The normalized spacial score (nSPS) is 11.8. The molecule has 3 aromatic rings. The van der Waals surface area contributed by atoms with Gasteiger partial charge in [0.1, 0.15) is 5.82 Å². The van der Waals surface area contributed by atoms with Crippen LogP contribution in [0.25, 0.3) is 10.2 Å². The average molecular weight is 354 g/mol. The number of halogens is 1. The van der Waals surface area contributed by atoms with Crippen LogP contribution in [0.2, 0.25) is 0 Å². The molecule has 0 fully saturated rings. The summed E-state index contributed by atoms with van der Waals surface area (Å²) in [7, 11) is 0. The van der Waals surface area contributed by atoms with E-state index in [-0.39, 0.29) is 11.3 Å². The van der Waals surface area contributed by atoms with Crippen molar-refractivity contribution in [3.05, 3.63) is 65.6 Å². The first-order chi connectivity index (χ1) is 12.1. The van der Waals surface area contributed by atoms with Crippen molar-refractivity contribution in [2.45, 2.75) is 6.92 Å². The number of rotatable bonds is 5. The van der Waals surface area contributed by atoms with Crippen LogP contribution in [-0.4, -0.2) is 17.1 Å². The number of anilines is 2. The number of hydrogen-bond donors (Lipinski definition) is 3. The maximum absolute atomic E-state index is 13.7. The lowest BCUT2D eigenvalue weighted by Crippen LogP contribution is -2.18. The molecule has 0 spiro atoms. The topological polar surface area (TPSA) is 77.9 Å². The molecule has 2 aromatic carbocycles. The molecule has 0 aliphatic heterocycles. The smallest absolute Gasteiger partial charge is 0.260 e. The zero-order chi connectivity index (χ0) is 17.8. The van der Waals surface area contributed by atoms with Crippen molar-refractivity contribution in [3.8, 4) is 0 Å². The second-order valence-electron chi connectivity index (χ2n) is 5.23. The minimum absolute atomic E-state index is 0.0995. The molecule has 1 amide bonds. The van der Waals surface area contributed by atoms with E-state index >= 15 is 0 Å². The molecule has 0 saturated heterocycles. The summed E-state index contributed by atoms with van der Waals surface area (Å²) in [6.07, 6.45) is 0.936. The van der Waals surface area contributed by atoms with Crippen molar-refractivity contribution >= 4 is 44.5 Å². The van der Waals surface area contributed by atoms with E-state index in [1.165, 1.54) is 17.4 Å². The van der Waals surface area contributed by atoms with E-state index < -0.39 is 11.7 Å². The van der Waals surface area contributed by atoms with Crippen molar-refractivity contribution in [2.75, 3.05) is 10.6 Å². The highest BCUT2D eigenvalue weighted by atomic mass is 32.1. The summed E-state index contributed by atoms with van der Waals surface area (Å²) in [4.78, 5) is 16.8. The maximum atomic E-state index is 13.7. The van der Waals surface area contributed by atoms with E-state index in [9.17, 15) is 9.18 Å². The number of fused-ring (bicyclic) bond motifs is 1. The molecule has 1 aromatic heterocycles. The fourth-order valence-electron chi connectivity index (χ4n) is 2.27. The third kappa shape index (κ3) is 3.72. The minimum atomic E-state index is -0.476. The summed E-state index contributed by atoms with van der Waals surface area (Å²) in [5.41, 5.74) is 1.51. The van der Waals surface area contributed by atoms with Gasteiger partial charge in [-0.15, -0.1) is 0 Å². The monoisotopic (exact) mass is 354 g/mol. The molecule has 3 N–H and O–H groups in total. The fourth-order valence-corrected chi connectivity index (χ4v) is 3.13. The Morgan fingerprint density at radius 2 is 1.88 bits per heavy atom. The number of thiazole rings is 1. The first-order valence-corrected chi connectivity index (χ1v) is 8.30. The van der Waals surface area contributed by atoms with Crippen LogP contribution in [0.5, 0.6) is 0 Å². The number of nitrogens with zero attached hydrogens (tertiary/aromatic N) is 1. The highest BCUT2D eigenvalue weighted by molar-refractivity contribution is 7.22. The maximum Gasteiger partial charge on any atom is 0.260 e. The Kier molecular flexibility index (Phi) is 4.85. The first kappa shape index (κ1) is 16.8. The summed E-state index contributed by atoms with van der Waals surface area (Å²) in [5, 5.41) is 13.5. The largest absolute Gasteiger partial charge is 0.356 e. The number of allylic oxidation sites excluding steroid dienone is 1. The van der Waals surface area contributed by atoms with E-state index in [1.54, 1.807) is 25.1 Å². The van der Waals surface area contributed by atoms with Crippen LogP contribution in [0.15, 0.2) is 59.8 Å². The Morgan fingerprint density at radius 3 is 2.60 bits per heavy atom. The van der Waals surface area contributed by atoms with Gasteiger partial charge < -0.3 is 10.7 Å². The Hall–Kier alpha value is -3.06. The van der Waals surface area contributed by atoms with Gasteiger partial charge >= 0.3 is 0 Å². The molecule has 25 heavy (non-hydrogen) atoms. The quantitative estimate of drug-likeness (QED) is 0.469. The summed E-state index contributed by atoms with van der Waals surface area (Å²) >= 11 is 1.35. The van der Waals surface area contributed by atoms with Crippen molar-refractivity contribution < 1.29 is 9.18 Å². The molecule has 1 heterocycles. The molecule has 7 heteroatoms. The van der Waals surface area contributed by atoms with Crippen LogP contribution in [0.1, 0.15) is 6.92 Å². The first-order valence-electron chi connectivity index (χ1n) is 7.48. The number of carbonyl (C=O) groups excluding carboxylic acids is 1. The molecule has 0 radical (unpaired) electrons. The van der Waals surface area contributed by atoms with Crippen molar-refractivity contribution in [2.24, 2.45) is 0 Å². The molecule has 0 atom stereocenters. The van der Waals surface area contributed by atoms with Crippen molar-refractivity contribution in [1.82, 2.24) is 4.98 Å². The summed E-state index contributed by atoms with van der Waals surface area (Å²) in [5.74, 6) is -0.909. The number of aromatic nitrogens is 1. The van der Waals surface area contributed by atoms with Gasteiger partial charge in [0, 0.05) is 11.9 Å². The summed E-state index contributed by atoms with van der Waals surface area (Å²) in [6.45, 7) is 1.62. The Labute approximate surface area is 147 Å². The van der Waals surface area contributed by atoms with Crippen LogP contribution in [0, 0.1) is 11.2 Å².